The van der Waals surface area contributed by atoms with Gasteiger partial charge in [0.25, 0.3) is 0 Å². The van der Waals surface area contributed by atoms with Gasteiger partial charge in [-0.25, -0.2) is 4.98 Å². The Morgan fingerprint density at radius 1 is 1.30 bits per heavy atom. The molecule has 0 aliphatic rings. The molecular weight excluding hydrogens is 391 g/mol. The lowest BCUT2D eigenvalue weighted by molar-refractivity contribution is -0.385. The van der Waals surface area contributed by atoms with Crippen molar-refractivity contribution in [2.75, 3.05) is 0 Å². The first kappa shape index (κ1) is 13.3. The average molecular weight is 398 g/mol. The number of rotatable bonds is 2. The third-order valence-corrected chi connectivity index (χ3v) is 4.69. The van der Waals surface area contributed by atoms with Crippen LogP contribution in [0, 0.1) is 13.7 Å². The molecule has 7 heteroatoms. The average Bonchev–Trinajstić information content (AvgIpc) is 2.85. The van der Waals surface area contributed by atoms with Gasteiger partial charge in [-0.2, -0.15) is 0 Å². The van der Waals surface area contributed by atoms with Crippen LogP contribution in [0.5, 0.6) is 5.75 Å². The number of aromatic nitrogens is 1. The van der Waals surface area contributed by atoms with E-state index in [9.17, 15) is 15.2 Å². The highest BCUT2D eigenvalue weighted by atomic mass is 127. The van der Waals surface area contributed by atoms with Crippen molar-refractivity contribution in [3.8, 4) is 16.3 Å². The molecule has 0 fully saturated rings. The molecule has 20 heavy (non-hydrogen) atoms. The van der Waals surface area contributed by atoms with Gasteiger partial charge in [0.05, 0.1) is 18.7 Å². The number of fused-ring (bicyclic) bond motifs is 1. The second-order valence-corrected chi connectivity index (χ2v) is 6.26. The number of nitro groups is 1. The van der Waals surface area contributed by atoms with Crippen molar-refractivity contribution in [3.63, 3.8) is 0 Å². The molecule has 0 saturated carbocycles. The summed E-state index contributed by atoms with van der Waals surface area (Å²) < 4.78 is 1.46. The summed E-state index contributed by atoms with van der Waals surface area (Å²) in [6.45, 7) is 0. The highest BCUT2D eigenvalue weighted by molar-refractivity contribution is 14.1. The van der Waals surface area contributed by atoms with Crippen LogP contribution in [0.15, 0.2) is 36.4 Å². The topological polar surface area (TPSA) is 76.3 Å². The van der Waals surface area contributed by atoms with Crippen molar-refractivity contribution in [2.24, 2.45) is 0 Å². The monoisotopic (exact) mass is 398 g/mol. The van der Waals surface area contributed by atoms with Crippen molar-refractivity contribution < 1.29 is 10.0 Å². The summed E-state index contributed by atoms with van der Waals surface area (Å²) in [6, 6.07) is 10.7. The number of benzene rings is 2. The van der Waals surface area contributed by atoms with Gasteiger partial charge < -0.3 is 5.11 Å². The van der Waals surface area contributed by atoms with Crippen molar-refractivity contribution in [2.45, 2.75) is 0 Å². The molecule has 0 saturated heterocycles. The van der Waals surface area contributed by atoms with E-state index in [0.29, 0.717) is 14.1 Å². The van der Waals surface area contributed by atoms with Crippen molar-refractivity contribution in [1.82, 2.24) is 4.98 Å². The minimum absolute atomic E-state index is 0.300. The largest absolute Gasteiger partial charge is 0.501 e. The number of para-hydroxylation sites is 1. The first-order valence-corrected chi connectivity index (χ1v) is 7.48. The Labute approximate surface area is 131 Å². The van der Waals surface area contributed by atoms with E-state index in [2.05, 4.69) is 4.98 Å². The Morgan fingerprint density at radius 3 is 2.75 bits per heavy atom. The van der Waals surface area contributed by atoms with E-state index >= 15 is 0 Å². The molecule has 0 spiro atoms. The van der Waals surface area contributed by atoms with E-state index in [0.717, 1.165) is 10.2 Å². The Balaban J connectivity index is 2.21. The summed E-state index contributed by atoms with van der Waals surface area (Å²) in [5.74, 6) is -0.305. The number of phenols is 1. The molecule has 0 aliphatic carbocycles. The normalized spacial score (nSPS) is 10.8. The van der Waals surface area contributed by atoms with Crippen molar-refractivity contribution in [3.05, 3.63) is 50.1 Å². The summed E-state index contributed by atoms with van der Waals surface area (Å²) in [6.07, 6.45) is 0. The molecule has 3 rings (SSSR count). The predicted molar refractivity (Wildman–Crippen MR) is 86.1 cm³/mol. The summed E-state index contributed by atoms with van der Waals surface area (Å²) in [4.78, 5) is 14.8. The van der Waals surface area contributed by atoms with Crippen LogP contribution < -0.4 is 0 Å². The molecule has 1 heterocycles. The second-order valence-electron chi connectivity index (χ2n) is 4.07. The van der Waals surface area contributed by atoms with E-state index in [4.69, 9.17) is 0 Å². The van der Waals surface area contributed by atoms with Gasteiger partial charge in [-0.05, 0) is 40.8 Å². The van der Waals surface area contributed by atoms with Crippen LogP contribution in [0.2, 0.25) is 0 Å². The molecule has 0 radical (unpaired) electrons. The van der Waals surface area contributed by atoms with Gasteiger partial charge in [-0.15, -0.1) is 11.3 Å². The van der Waals surface area contributed by atoms with Crippen LogP contribution in [-0.2, 0) is 0 Å². The second kappa shape index (κ2) is 4.98. The fourth-order valence-electron chi connectivity index (χ4n) is 1.84. The van der Waals surface area contributed by atoms with Gasteiger partial charge in [0.15, 0.2) is 0 Å². The Morgan fingerprint density at radius 2 is 2.05 bits per heavy atom. The fourth-order valence-corrected chi connectivity index (χ4v) is 3.41. The zero-order valence-corrected chi connectivity index (χ0v) is 12.9. The molecule has 0 atom stereocenters. The number of nitrogens with zero attached hydrogens (tertiary/aromatic N) is 2. The number of aromatic hydroxyl groups is 1. The summed E-state index contributed by atoms with van der Waals surface area (Å²) >= 11 is 3.34. The molecule has 100 valence electrons. The van der Waals surface area contributed by atoms with Gasteiger partial charge in [-0.3, -0.25) is 10.1 Å². The van der Waals surface area contributed by atoms with Crippen LogP contribution in [0.3, 0.4) is 0 Å². The maximum Gasteiger partial charge on any atom is 0.312 e. The number of nitro benzene ring substituents is 1. The third-order valence-electron chi connectivity index (χ3n) is 2.78. The SMILES string of the molecule is O=[N+]([O-])c1cc(-c2nc3ccccc3s2)cc(I)c1O. The van der Waals surface area contributed by atoms with E-state index in [-0.39, 0.29) is 11.4 Å². The van der Waals surface area contributed by atoms with E-state index in [1.165, 1.54) is 17.4 Å². The van der Waals surface area contributed by atoms with Crippen molar-refractivity contribution >= 4 is 49.8 Å². The highest BCUT2D eigenvalue weighted by Crippen LogP contribution is 2.38. The van der Waals surface area contributed by atoms with Crippen LogP contribution in [-0.4, -0.2) is 15.0 Å². The van der Waals surface area contributed by atoms with Gasteiger partial charge in [0.2, 0.25) is 5.75 Å². The summed E-state index contributed by atoms with van der Waals surface area (Å²) in [5, 5.41) is 21.4. The van der Waals surface area contributed by atoms with Crippen LogP contribution in [0.4, 0.5) is 5.69 Å². The number of phenolic OH excluding ortho intramolecular Hbond substituents is 1. The molecule has 0 amide bonds. The molecule has 1 aromatic heterocycles. The molecule has 3 aromatic rings. The molecule has 2 aromatic carbocycles. The quantitative estimate of drug-likeness (QED) is 0.399. The first-order valence-electron chi connectivity index (χ1n) is 5.59. The molecule has 0 aliphatic heterocycles. The Bertz CT molecular complexity index is 799. The molecule has 0 bridgehead atoms. The maximum atomic E-state index is 11.0. The zero-order valence-electron chi connectivity index (χ0n) is 9.91. The standard InChI is InChI=1S/C13H7IN2O3S/c14-8-5-7(6-10(12(8)17)16(18)19)13-15-9-3-1-2-4-11(9)20-13/h1-6,17H. The lowest BCUT2D eigenvalue weighted by Gasteiger charge is -2.02. The van der Waals surface area contributed by atoms with Crippen LogP contribution in [0.1, 0.15) is 0 Å². The molecule has 1 N–H and O–H groups in total. The highest BCUT2D eigenvalue weighted by Gasteiger charge is 2.19. The third kappa shape index (κ3) is 2.22. The fraction of sp³-hybridized carbons (Fsp3) is 0. The van der Waals surface area contributed by atoms with Gasteiger partial charge in [-0.1, -0.05) is 12.1 Å². The number of thiazole rings is 1. The predicted octanol–water partition coefficient (Wildman–Crippen LogP) is 4.18. The Hall–Kier alpha value is -1.74. The number of hydrogen-bond donors (Lipinski definition) is 1. The summed E-state index contributed by atoms with van der Waals surface area (Å²) in [7, 11) is 0. The Kier molecular flexibility index (Phi) is 3.30. The molecule has 5 nitrogen and oxygen atoms in total. The lowest BCUT2D eigenvalue weighted by atomic mass is 10.2. The van der Waals surface area contributed by atoms with Gasteiger partial charge in [0.1, 0.15) is 5.01 Å². The van der Waals surface area contributed by atoms with Gasteiger partial charge >= 0.3 is 5.69 Å². The molecular formula is C13H7IN2O3S. The zero-order chi connectivity index (χ0) is 14.3. The van der Waals surface area contributed by atoms with E-state index in [1.54, 1.807) is 6.07 Å². The van der Waals surface area contributed by atoms with E-state index in [1.807, 2.05) is 46.9 Å². The smallest absolute Gasteiger partial charge is 0.312 e. The number of halogens is 1. The van der Waals surface area contributed by atoms with Crippen LogP contribution in [0.25, 0.3) is 20.8 Å². The molecule has 0 unspecified atom stereocenters. The maximum absolute atomic E-state index is 11.0. The lowest BCUT2D eigenvalue weighted by Crippen LogP contribution is -1.91. The van der Waals surface area contributed by atoms with Crippen molar-refractivity contribution in [1.29, 1.82) is 0 Å². The summed E-state index contributed by atoms with van der Waals surface area (Å²) in [5.41, 5.74) is 1.20. The number of hydrogen-bond acceptors (Lipinski definition) is 5. The van der Waals surface area contributed by atoms with Crippen LogP contribution >= 0.6 is 33.9 Å². The van der Waals surface area contributed by atoms with Gasteiger partial charge in [0, 0.05) is 11.6 Å². The minimum atomic E-state index is -0.589. The minimum Gasteiger partial charge on any atom is -0.501 e. The first-order chi connectivity index (χ1) is 9.56. The van der Waals surface area contributed by atoms with E-state index < -0.39 is 4.92 Å².